The van der Waals surface area contributed by atoms with E-state index < -0.39 is 10.8 Å². The van der Waals surface area contributed by atoms with Crippen molar-refractivity contribution in [3.05, 3.63) is 23.0 Å². The Hall–Kier alpha value is -1.01. The first kappa shape index (κ1) is 15.0. The zero-order valence-electron chi connectivity index (χ0n) is 11.0. The van der Waals surface area contributed by atoms with E-state index in [4.69, 9.17) is 21.7 Å². The van der Waals surface area contributed by atoms with Gasteiger partial charge in [-0.05, 0) is 33.0 Å². The Bertz CT molecular complexity index is 475. The molecule has 1 atom stereocenters. The summed E-state index contributed by atoms with van der Waals surface area (Å²) in [5, 5.41) is 0. The van der Waals surface area contributed by atoms with Gasteiger partial charge in [-0.25, -0.2) is 4.21 Å². The van der Waals surface area contributed by atoms with E-state index in [1.807, 2.05) is 20.8 Å². The third-order valence-electron chi connectivity index (χ3n) is 2.47. The second-order valence-corrected chi connectivity index (χ2v) is 5.70. The van der Waals surface area contributed by atoms with Gasteiger partial charge >= 0.3 is 0 Å². The molecule has 0 aliphatic carbocycles. The molecular formula is C12H17NO3S2. The average molecular weight is 287 g/mol. The Morgan fingerprint density at radius 1 is 1.50 bits per heavy atom. The van der Waals surface area contributed by atoms with E-state index in [2.05, 4.69) is 4.98 Å². The Morgan fingerprint density at radius 2 is 2.17 bits per heavy atom. The second-order valence-electron chi connectivity index (χ2n) is 3.72. The van der Waals surface area contributed by atoms with Gasteiger partial charge in [0.25, 0.3) is 4.38 Å². The maximum Gasteiger partial charge on any atom is 0.251 e. The maximum absolute atomic E-state index is 11.9. The Labute approximate surface area is 115 Å². The van der Waals surface area contributed by atoms with E-state index in [1.165, 1.54) is 0 Å². The molecule has 0 N–H and O–H groups in total. The summed E-state index contributed by atoms with van der Waals surface area (Å²) in [6, 6.07) is 0. The molecule has 0 saturated carbocycles. The van der Waals surface area contributed by atoms with Gasteiger partial charge in [0.2, 0.25) is 0 Å². The van der Waals surface area contributed by atoms with Gasteiger partial charge in [-0.1, -0.05) is 0 Å². The molecule has 1 rings (SSSR count). The summed E-state index contributed by atoms with van der Waals surface area (Å²) in [6.45, 7) is 6.05. The first-order valence-corrected chi connectivity index (χ1v) is 7.28. The first-order valence-electron chi connectivity index (χ1n) is 5.55. The molecule has 0 bridgehead atoms. The number of nitrogens with zero attached hydrogens (tertiary/aromatic N) is 1. The topological polar surface area (TPSA) is 48.4 Å². The minimum atomic E-state index is -1.35. The van der Waals surface area contributed by atoms with Crippen molar-refractivity contribution in [1.29, 1.82) is 0 Å². The summed E-state index contributed by atoms with van der Waals surface area (Å²) in [7, 11) is 0.260. The van der Waals surface area contributed by atoms with E-state index in [-0.39, 0.29) is 10.1 Å². The number of thiocarbonyl (C=S) groups is 1. The lowest BCUT2D eigenvalue weighted by molar-refractivity contribution is 0.344. The summed E-state index contributed by atoms with van der Waals surface area (Å²) in [6.07, 6.45) is 1.71. The van der Waals surface area contributed by atoms with Crippen LogP contribution in [-0.4, -0.2) is 27.3 Å². The fraction of sp³-hybridized carbons (Fsp3) is 0.500. The zero-order chi connectivity index (χ0) is 13.7. The molecule has 0 amide bonds. The third-order valence-corrected chi connectivity index (χ3v) is 4.17. The normalized spacial score (nSPS) is 12.0. The lowest BCUT2D eigenvalue weighted by Crippen LogP contribution is -2.13. The van der Waals surface area contributed by atoms with E-state index in [0.29, 0.717) is 6.61 Å². The Morgan fingerprint density at radius 3 is 2.72 bits per heavy atom. The number of rotatable bonds is 4. The number of pyridine rings is 1. The predicted octanol–water partition coefficient (Wildman–Crippen LogP) is 2.28. The van der Waals surface area contributed by atoms with Crippen molar-refractivity contribution in [2.24, 2.45) is 0 Å². The van der Waals surface area contributed by atoms with Crippen LogP contribution < -0.4 is 4.74 Å². The summed E-state index contributed by atoms with van der Waals surface area (Å²) < 4.78 is 22.4. The van der Waals surface area contributed by atoms with Gasteiger partial charge in [-0.15, -0.1) is 0 Å². The molecule has 100 valence electrons. The van der Waals surface area contributed by atoms with Crippen LogP contribution in [0.5, 0.6) is 5.75 Å². The smallest absolute Gasteiger partial charge is 0.251 e. The van der Waals surface area contributed by atoms with Crippen LogP contribution in [0.25, 0.3) is 0 Å². The van der Waals surface area contributed by atoms with E-state index in [9.17, 15) is 4.21 Å². The molecule has 18 heavy (non-hydrogen) atoms. The monoisotopic (exact) mass is 287 g/mol. The van der Waals surface area contributed by atoms with Gasteiger partial charge in [0.1, 0.15) is 16.5 Å². The van der Waals surface area contributed by atoms with Crippen LogP contribution in [-0.2, 0) is 21.3 Å². The summed E-state index contributed by atoms with van der Waals surface area (Å²) in [5.74, 6) is 1.03. The lowest BCUT2D eigenvalue weighted by Gasteiger charge is -2.12. The Balaban J connectivity index is 2.92. The molecule has 0 unspecified atom stereocenters. The van der Waals surface area contributed by atoms with Crippen molar-refractivity contribution >= 4 is 27.4 Å². The Kier molecular flexibility index (Phi) is 5.68. The number of hydrogen-bond acceptors (Lipinski definition) is 5. The number of aromatic nitrogens is 1. The highest BCUT2D eigenvalue weighted by Gasteiger charge is 2.15. The van der Waals surface area contributed by atoms with Crippen LogP contribution in [0, 0.1) is 13.8 Å². The maximum atomic E-state index is 11.9. The lowest BCUT2D eigenvalue weighted by atomic mass is 10.1. The van der Waals surface area contributed by atoms with E-state index in [0.717, 1.165) is 22.6 Å². The molecule has 4 nitrogen and oxygen atoms in total. The van der Waals surface area contributed by atoms with Gasteiger partial charge in [0.05, 0.1) is 25.2 Å². The number of ether oxygens (including phenoxy) is 2. The minimum absolute atomic E-state index is 0.123. The van der Waals surface area contributed by atoms with Crippen LogP contribution in [0.1, 0.15) is 23.7 Å². The SMILES string of the molecule is CCOC(=S)[S@@](=O)Cc1ncc(C)c(OC)c1C. The van der Waals surface area contributed by atoms with Crippen molar-refractivity contribution in [1.82, 2.24) is 4.98 Å². The van der Waals surface area contributed by atoms with Gasteiger partial charge in [0, 0.05) is 17.3 Å². The van der Waals surface area contributed by atoms with Crippen molar-refractivity contribution in [3.8, 4) is 5.75 Å². The quantitative estimate of drug-likeness (QED) is 0.795. The van der Waals surface area contributed by atoms with Crippen molar-refractivity contribution < 1.29 is 13.7 Å². The summed E-state index contributed by atoms with van der Waals surface area (Å²) >= 11 is 4.92. The molecular weight excluding hydrogens is 270 g/mol. The fourth-order valence-electron chi connectivity index (χ4n) is 1.58. The fourth-order valence-corrected chi connectivity index (χ4v) is 2.78. The summed E-state index contributed by atoms with van der Waals surface area (Å²) in [5.41, 5.74) is 2.57. The molecule has 0 aromatic carbocycles. The van der Waals surface area contributed by atoms with Gasteiger partial charge in [-0.2, -0.15) is 0 Å². The van der Waals surface area contributed by atoms with Crippen LogP contribution in [0.4, 0.5) is 0 Å². The van der Waals surface area contributed by atoms with Crippen molar-refractivity contribution in [3.63, 3.8) is 0 Å². The first-order chi connectivity index (χ1) is 8.51. The third kappa shape index (κ3) is 3.49. The second kappa shape index (κ2) is 6.80. The van der Waals surface area contributed by atoms with Gasteiger partial charge < -0.3 is 9.47 Å². The highest BCUT2D eigenvalue weighted by atomic mass is 32.2. The molecule has 0 fully saturated rings. The molecule has 0 aliphatic heterocycles. The van der Waals surface area contributed by atoms with Crippen molar-refractivity contribution in [2.75, 3.05) is 13.7 Å². The van der Waals surface area contributed by atoms with Crippen LogP contribution >= 0.6 is 12.2 Å². The highest BCUT2D eigenvalue weighted by molar-refractivity contribution is 8.12. The average Bonchev–Trinajstić information content (AvgIpc) is 2.33. The molecule has 1 aromatic heterocycles. The van der Waals surface area contributed by atoms with Crippen LogP contribution in [0.2, 0.25) is 0 Å². The highest BCUT2D eigenvalue weighted by Crippen LogP contribution is 2.24. The molecule has 0 aliphatic rings. The molecule has 1 aromatic rings. The zero-order valence-corrected chi connectivity index (χ0v) is 12.6. The number of methoxy groups -OCH3 is 1. The van der Waals surface area contributed by atoms with E-state index in [1.54, 1.807) is 13.3 Å². The van der Waals surface area contributed by atoms with E-state index >= 15 is 0 Å². The predicted molar refractivity (Wildman–Crippen MR) is 76.3 cm³/mol. The largest absolute Gasteiger partial charge is 0.496 e. The van der Waals surface area contributed by atoms with Crippen LogP contribution in [0.15, 0.2) is 6.20 Å². The molecule has 0 saturated heterocycles. The molecule has 1 heterocycles. The van der Waals surface area contributed by atoms with Crippen LogP contribution in [0.3, 0.4) is 0 Å². The van der Waals surface area contributed by atoms with Gasteiger partial charge in [-0.3, -0.25) is 4.98 Å². The summed E-state index contributed by atoms with van der Waals surface area (Å²) in [4.78, 5) is 4.28. The number of hydrogen-bond donors (Lipinski definition) is 0. The minimum Gasteiger partial charge on any atom is -0.496 e. The molecule has 6 heteroatoms. The number of aryl methyl sites for hydroxylation is 1. The molecule has 0 spiro atoms. The van der Waals surface area contributed by atoms with Crippen molar-refractivity contribution in [2.45, 2.75) is 26.5 Å². The standard InChI is InChI=1S/C12H17NO3S2/c1-5-16-12(17)18(14)7-10-9(3)11(15-4)8(2)6-13-10/h6H,5,7H2,1-4H3/t18-/m0/s1. The van der Waals surface area contributed by atoms with Gasteiger partial charge in [0.15, 0.2) is 0 Å². The molecule has 0 radical (unpaired) electrons.